The highest BCUT2D eigenvalue weighted by molar-refractivity contribution is 5.95. The number of nitrogens with zero attached hydrogens (tertiary/aromatic N) is 3. The minimum atomic E-state index is -0.798. The fraction of sp³-hybridized carbons (Fsp3) is 0.591. The molecule has 2 saturated heterocycles. The normalized spacial score (nSPS) is 22.8. The largest absolute Gasteiger partial charge is 0.480 e. The lowest BCUT2D eigenvalue weighted by atomic mass is 9.86. The second-order valence-corrected chi connectivity index (χ2v) is 8.44. The first-order valence-electron chi connectivity index (χ1n) is 11.0. The number of anilines is 1. The number of nitrogen functional groups attached to an aromatic ring is 1. The van der Waals surface area contributed by atoms with E-state index in [4.69, 9.17) is 16.2 Å². The molecule has 1 amide bonds. The Bertz CT molecular complexity index is 776. The predicted molar refractivity (Wildman–Crippen MR) is 121 cm³/mol. The van der Waals surface area contributed by atoms with Crippen LogP contribution >= 0.6 is 0 Å². The van der Waals surface area contributed by atoms with Crippen LogP contribution in [0, 0.1) is 11.3 Å². The summed E-state index contributed by atoms with van der Waals surface area (Å²) in [6, 6.07) is 8.18. The Labute approximate surface area is 183 Å². The standard InChI is InChI=1S/C22H34N6O3/c1-25-20(29)7-4-17-14-26(15-21(30)31)9-8-19(17)28-12-10-27(11-13-28)18-5-2-16(3-6-18)22(23)24/h2-3,5-6,17,19H,4,7-15H2,1H3,(H3,23,24)(H,25,29)(H,30,31). The van der Waals surface area contributed by atoms with Crippen LogP contribution in [0.15, 0.2) is 24.3 Å². The van der Waals surface area contributed by atoms with E-state index in [2.05, 4.69) is 15.1 Å². The highest BCUT2D eigenvalue weighted by Gasteiger charge is 2.35. The van der Waals surface area contributed by atoms with E-state index >= 15 is 0 Å². The number of amides is 1. The maximum atomic E-state index is 11.8. The van der Waals surface area contributed by atoms with E-state index in [0.717, 1.165) is 63.4 Å². The first-order chi connectivity index (χ1) is 14.9. The summed E-state index contributed by atoms with van der Waals surface area (Å²) in [5.74, 6) is -0.402. The molecule has 2 atom stereocenters. The molecule has 9 heteroatoms. The van der Waals surface area contributed by atoms with E-state index in [1.165, 1.54) is 0 Å². The van der Waals surface area contributed by atoms with Crippen molar-refractivity contribution in [3.05, 3.63) is 29.8 Å². The van der Waals surface area contributed by atoms with Crippen molar-refractivity contribution in [3.8, 4) is 0 Å². The average Bonchev–Trinajstić information content (AvgIpc) is 2.77. The zero-order chi connectivity index (χ0) is 22.4. The van der Waals surface area contributed by atoms with Gasteiger partial charge in [-0.05, 0) is 43.0 Å². The minimum absolute atomic E-state index is 0.0351. The molecule has 1 aromatic rings. The van der Waals surface area contributed by atoms with Gasteiger partial charge >= 0.3 is 5.97 Å². The number of benzene rings is 1. The summed E-state index contributed by atoms with van der Waals surface area (Å²) in [7, 11) is 1.65. The highest BCUT2D eigenvalue weighted by atomic mass is 16.4. The number of nitrogens with two attached hydrogens (primary N) is 1. The van der Waals surface area contributed by atoms with Gasteiger partial charge in [0, 0.05) is 70.0 Å². The minimum Gasteiger partial charge on any atom is -0.480 e. The van der Waals surface area contributed by atoms with E-state index < -0.39 is 5.97 Å². The Kier molecular flexibility index (Phi) is 7.86. The van der Waals surface area contributed by atoms with Crippen LogP contribution in [0.25, 0.3) is 0 Å². The van der Waals surface area contributed by atoms with Crippen molar-refractivity contribution in [2.75, 3.05) is 57.8 Å². The van der Waals surface area contributed by atoms with Gasteiger partial charge in [0.25, 0.3) is 0 Å². The summed E-state index contributed by atoms with van der Waals surface area (Å²) >= 11 is 0. The maximum absolute atomic E-state index is 11.8. The number of piperazine rings is 1. The molecule has 0 aliphatic carbocycles. The Morgan fingerprint density at radius 2 is 1.84 bits per heavy atom. The van der Waals surface area contributed by atoms with Crippen LogP contribution in [0.3, 0.4) is 0 Å². The highest BCUT2D eigenvalue weighted by Crippen LogP contribution is 2.28. The van der Waals surface area contributed by atoms with Crippen molar-refractivity contribution in [1.29, 1.82) is 5.41 Å². The second kappa shape index (κ2) is 10.6. The van der Waals surface area contributed by atoms with Gasteiger partial charge in [0.1, 0.15) is 5.84 Å². The lowest BCUT2D eigenvalue weighted by Gasteiger charge is -2.47. The Morgan fingerprint density at radius 3 is 2.42 bits per heavy atom. The summed E-state index contributed by atoms with van der Waals surface area (Å²) in [6.07, 6.45) is 2.17. The number of hydrogen-bond acceptors (Lipinski definition) is 6. The smallest absolute Gasteiger partial charge is 0.317 e. The Balaban J connectivity index is 1.60. The van der Waals surface area contributed by atoms with Crippen molar-refractivity contribution in [2.24, 2.45) is 11.7 Å². The molecule has 0 aromatic heterocycles. The number of carboxylic acid groups (broad SMARTS) is 1. The quantitative estimate of drug-likeness (QED) is 0.347. The van der Waals surface area contributed by atoms with Gasteiger partial charge in [-0.25, -0.2) is 0 Å². The molecule has 0 radical (unpaired) electrons. The van der Waals surface area contributed by atoms with Crippen molar-refractivity contribution in [1.82, 2.24) is 15.1 Å². The van der Waals surface area contributed by atoms with Crippen LogP contribution in [-0.4, -0.2) is 91.5 Å². The number of amidine groups is 1. The fourth-order valence-corrected chi connectivity index (χ4v) is 4.80. The Hall–Kier alpha value is -2.65. The van der Waals surface area contributed by atoms with E-state index in [-0.39, 0.29) is 24.2 Å². The third kappa shape index (κ3) is 6.18. The molecule has 2 aliphatic heterocycles. The number of hydrogen-bond donors (Lipinski definition) is 4. The van der Waals surface area contributed by atoms with Gasteiger partial charge in [0.2, 0.25) is 5.91 Å². The first-order valence-corrected chi connectivity index (χ1v) is 11.0. The number of carbonyl (C=O) groups is 2. The fourth-order valence-electron chi connectivity index (χ4n) is 4.80. The number of carbonyl (C=O) groups excluding carboxylic acids is 1. The number of rotatable bonds is 8. The SMILES string of the molecule is CNC(=O)CCC1CN(CC(=O)O)CCC1N1CCN(c2ccc(C(=N)N)cc2)CC1. The van der Waals surface area contributed by atoms with Crippen LogP contribution in [0.4, 0.5) is 5.69 Å². The van der Waals surface area contributed by atoms with Gasteiger partial charge in [0.15, 0.2) is 0 Å². The van der Waals surface area contributed by atoms with Gasteiger partial charge in [-0.2, -0.15) is 0 Å². The predicted octanol–water partition coefficient (Wildman–Crippen LogP) is 0.394. The van der Waals surface area contributed by atoms with Crippen molar-refractivity contribution in [3.63, 3.8) is 0 Å². The van der Waals surface area contributed by atoms with E-state index in [0.29, 0.717) is 12.5 Å². The summed E-state index contributed by atoms with van der Waals surface area (Å²) in [6.45, 7) is 5.27. The lowest BCUT2D eigenvalue weighted by molar-refractivity contribution is -0.139. The molecular formula is C22H34N6O3. The molecule has 2 heterocycles. The summed E-state index contributed by atoms with van der Waals surface area (Å²) in [5, 5.41) is 19.4. The zero-order valence-electron chi connectivity index (χ0n) is 18.2. The molecule has 9 nitrogen and oxygen atoms in total. The monoisotopic (exact) mass is 430 g/mol. The molecule has 3 rings (SSSR count). The molecule has 0 saturated carbocycles. The van der Waals surface area contributed by atoms with Crippen LogP contribution in [-0.2, 0) is 9.59 Å². The second-order valence-electron chi connectivity index (χ2n) is 8.44. The third-order valence-corrected chi connectivity index (χ3v) is 6.48. The molecule has 0 spiro atoms. The third-order valence-electron chi connectivity index (χ3n) is 6.48. The lowest BCUT2D eigenvalue weighted by Crippen LogP contribution is -2.57. The number of aliphatic carboxylic acids is 1. The number of nitrogens with one attached hydrogen (secondary N) is 2. The topological polar surface area (TPSA) is 126 Å². The van der Waals surface area contributed by atoms with Crippen LogP contribution in [0.1, 0.15) is 24.8 Å². The van der Waals surface area contributed by atoms with Crippen LogP contribution in [0.2, 0.25) is 0 Å². The molecule has 1 aromatic carbocycles. The van der Waals surface area contributed by atoms with Crippen LogP contribution < -0.4 is 16.0 Å². The molecule has 0 bridgehead atoms. The molecule has 31 heavy (non-hydrogen) atoms. The molecular weight excluding hydrogens is 396 g/mol. The van der Waals surface area contributed by atoms with Gasteiger partial charge in [-0.3, -0.25) is 24.8 Å². The van der Waals surface area contributed by atoms with Gasteiger partial charge in [0.05, 0.1) is 6.54 Å². The first kappa shape index (κ1) is 23.0. The molecule has 5 N–H and O–H groups in total. The van der Waals surface area contributed by atoms with Gasteiger partial charge < -0.3 is 21.1 Å². The number of carboxylic acids is 1. The van der Waals surface area contributed by atoms with Gasteiger partial charge in [-0.15, -0.1) is 0 Å². The molecule has 170 valence electrons. The average molecular weight is 431 g/mol. The van der Waals surface area contributed by atoms with Crippen molar-refractivity contribution < 1.29 is 14.7 Å². The molecule has 2 aliphatic rings. The van der Waals surface area contributed by atoms with E-state index in [1.807, 2.05) is 29.2 Å². The zero-order valence-corrected chi connectivity index (χ0v) is 18.2. The summed E-state index contributed by atoms with van der Waals surface area (Å²) in [5.41, 5.74) is 7.41. The van der Waals surface area contributed by atoms with Crippen molar-refractivity contribution in [2.45, 2.75) is 25.3 Å². The van der Waals surface area contributed by atoms with E-state index in [1.54, 1.807) is 7.05 Å². The summed E-state index contributed by atoms with van der Waals surface area (Å²) in [4.78, 5) is 29.8. The molecule has 2 unspecified atom stereocenters. The number of piperidine rings is 1. The van der Waals surface area contributed by atoms with Gasteiger partial charge in [-0.1, -0.05) is 0 Å². The van der Waals surface area contributed by atoms with Crippen LogP contribution in [0.5, 0.6) is 0 Å². The number of likely N-dealkylation sites (tertiary alicyclic amines) is 1. The van der Waals surface area contributed by atoms with Crippen molar-refractivity contribution >= 4 is 23.4 Å². The van der Waals surface area contributed by atoms with E-state index in [9.17, 15) is 9.59 Å². The molecule has 2 fully saturated rings. The maximum Gasteiger partial charge on any atom is 0.317 e. The Morgan fingerprint density at radius 1 is 1.16 bits per heavy atom. The summed E-state index contributed by atoms with van der Waals surface area (Å²) < 4.78 is 0.